The first-order chi connectivity index (χ1) is 10.1. The van der Waals surface area contributed by atoms with E-state index < -0.39 is 0 Å². The second-order valence-corrected chi connectivity index (χ2v) is 5.63. The van der Waals surface area contributed by atoms with Crippen LogP contribution in [0.1, 0.15) is 5.56 Å². The zero-order chi connectivity index (χ0) is 15.0. The lowest BCUT2D eigenvalue weighted by Gasteiger charge is -2.10. The lowest BCUT2D eigenvalue weighted by atomic mass is 10.1. The van der Waals surface area contributed by atoms with Crippen molar-refractivity contribution in [3.8, 4) is 11.4 Å². The normalized spacial score (nSPS) is 10.9. The molecule has 3 aromatic rings. The number of hydrogen-bond acceptors (Lipinski definition) is 3. The van der Waals surface area contributed by atoms with Gasteiger partial charge in [0.15, 0.2) is 5.82 Å². The Kier molecular flexibility index (Phi) is 3.70. The van der Waals surface area contributed by atoms with E-state index in [1.165, 1.54) is 0 Å². The molecule has 3 rings (SSSR count). The summed E-state index contributed by atoms with van der Waals surface area (Å²) in [6, 6.07) is 11.4. The Balaban J connectivity index is 2.27. The molecule has 0 radical (unpaired) electrons. The van der Waals surface area contributed by atoms with E-state index in [0.717, 1.165) is 27.8 Å². The van der Waals surface area contributed by atoms with Crippen LogP contribution in [-0.2, 0) is 0 Å². The summed E-state index contributed by atoms with van der Waals surface area (Å²) in [5.74, 6) is 1.34. The number of hydrogen-bond donors (Lipinski definition) is 1. The number of anilines is 1. The molecule has 0 saturated heterocycles. The van der Waals surface area contributed by atoms with E-state index >= 15 is 0 Å². The van der Waals surface area contributed by atoms with Gasteiger partial charge in [0.05, 0.1) is 10.5 Å². The Morgan fingerprint density at radius 2 is 1.81 bits per heavy atom. The van der Waals surface area contributed by atoms with Crippen LogP contribution in [0.15, 0.2) is 36.4 Å². The number of fused-ring (bicyclic) bond motifs is 1. The molecular formula is C16H13Cl2N3. The van der Waals surface area contributed by atoms with Gasteiger partial charge in [0.2, 0.25) is 0 Å². The molecule has 1 N–H and O–H groups in total. The van der Waals surface area contributed by atoms with Crippen LogP contribution in [0, 0.1) is 6.92 Å². The van der Waals surface area contributed by atoms with Crippen LogP contribution in [0.25, 0.3) is 22.3 Å². The molecule has 106 valence electrons. The van der Waals surface area contributed by atoms with E-state index in [2.05, 4.69) is 15.3 Å². The fraction of sp³-hybridized carbons (Fsp3) is 0.125. The van der Waals surface area contributed by atoms with Crippen LogP contribution in [0.4, 0.5) is 5.82 Å². The highest BCUT2D eigenvalue weighted by molar-refractivity contribution is 6.33. The third kappa shape index (κ3) is 2.67. The standard InChI is InChI=1S/C16H13Cl2N3/c1-9-3-5-11(13(18)7-9)16-20-14-8-10(17)4-6-12(14)15(19-2)21-16/h3-8H,1-2H3,(H,19,20,21). The Morgan fingerprint density at radius 1 is 1.00 bits per heavy atom. The van der Waals surface area contributed by atoms with Crippen LogP contribution in [-0.4, -0.2) is 17.0 Å². The highest BCUT2D eigenvalue weighted by Gasteiger charge is 2.11. The fourth-order valence-corrected chi connectivity index (χ4v) is 2.70. The summed E-state index contributed by atoms with van der Waals surface area (Å²) in [6.07, 6.45) is 0. The average Bonchev–Trinajstić information content (AvgIpc) is 2.45. The molecule has 0 saturated carbocycles. The highest BCUT2D eigenvalue weighted by atomic mass is 35.5. The van der Waals surface area contributed by atoms with Gasteiger partial charge < -0.3 is 5.32 Å². The van der Waals surface area contributed by atoms with Gasteiger partial charge in [-0.3, -0.25) is 0 Å². The van der Waals surface area contributed by atoms with Crippen molar-refractivity contribution in [2.45, 2.75) is 6.92 Å². The first-order valence-electron chi connectivity index (χ1n) is 6.50. The molecule has 0 amide bonds. The molecule has 0 spiro atoms. The molecule has 0 bridgehead atoms. The van der Waals surface area contributed by atoms with Crippen LogP contribution in [0.5, 0.6) is 0 Å². The van der Waals surface area contributed by atoms with E-state index in [-0.39, 0.29) is 0 Å². The van der Waals surface area contributed by atoms with Crippen molar-refractivity contribution in [2.24, 2.45) is 0 Å². The molecule has 5 heteroatoms. The maximum absolute atomic E-state index is 6.32. The molecule has 0 aliphatic heterocycles. The second-order valence-electron chi connectivity index (χ2n) is 4.79. The summed E-state index contributed by atoms with van der Waals surface area (Å²) in [6.45, 7) is 2.00. The van der Waals surface area contributed by atoms with Gasteiger partial charge >= 0.3 is 0 Å². The number of halogens is 2. The van der Waals surface area contributed by atoms with Gasteiger partial charge in [-0.2, -0.15) is 0 Å². The summed E-state index contributed by atoms with van der Waals surface area (Å²) in [5.41, 5.74) is 2.69. The number of nitrogens with zero attached hydrogens (tertiary/aromatic N) is 2. The first-order valence-corrected chi connectivity index (χ1v) is 7.25. The summed E-state index contributed by atoms with van der Waals surface area (Å²) < 4.78 is 0. The lowest BCUT2D eigenvalue weighted by Crippen LogP contribution is -1.99. The third-order valence-corrected chi connectivity index (χ3v) is 3.81. The number of aromatic nitrogens is 2. The van der Waals surface area contributed by atoms with Gasteiger partial charge in [-0.15, -0.1) is 0 Å². The molecule has 1 heterocycles. The van der Waals surface area contributed by atoms with E-state index in [1.54, 1.807) is 0 Å². The lowest BCUT2D eigenvalue weighted by molar-refractivity contribution is 1.21. The predicted octanol–water partition coefficient (Wildman–Crippen LogP) is 4.95. The molecular weight excluding hydrogens is 305 g/mol. The topological polar surface area (TPSA) is 37.8 Å². The number of rotatable bonds is 2. The largest absolute Gasteiger partial charge is 0.373 e. The number of benzene rings is 2. The Labute approximate surface area is 132 Å². The van der Waals surface area contributed by atoms with E-state index in [0.29, 0.717) is 15.9 Å². The molecule has 3 nitrogen and oxygen atoms in total. The summed E-state index contributed by atoms with van der Waals surface area (Å²) in [7, 11) is 1.83. The minimum atomic E-state index is 0.583. The maximum Gasteiger partial charge on any atom is 0.163 e. The summed E-state index contributed by atoms with van der Waals surface area (Å²) >= 11 is 12.4. The number of nitrogens with one attached hydrogen (secondary N) is 1. The third-order valence-electron chi connectivity index (χ3n) is 3.26. The van der Waals surface area contributed by atoms with Crippen molar-refractivity contribution in [1.82, 2.24) is 9.97 Å². The maximum atomic E-state index is 6.32. The van der Waals surface area contributed by atoms with Gasteiger partial charge in [-0.25, -0.2) is 9.97 Å². The Morgan fingerprint density at radius 3 is 2.52 bits per heavy atom. The zero-order valence-electron chi connectivity index (χ0n) is 11.6. The van der Waals surface area contributed by atoms with Gasteiger partial charge in [0.1, 0.15) is 5.82 Å². The van der Waals surface area contributed by atoms with Gasteiger partial charge in [0.25, 0.3) is 0 Å². The fourth-order valence-electron chi connectivity index (χ4n) is 2.22. The monoisotopic (exact) mass is 317 g/mol. The summed E-state index contributed by atoms with van der Waals surface area (Å²) in [5, 5.41) is 5.30. The van der Waals surface area contributed by atoms with Crippen molar-refractivity contribution in [1.29, 1.82) is 0 Å². The van der Waals surface area contributed by atoms with E-state index in [4.69, 9.17) is 23.2 Å². The Hall–Kier alpha value is -1.84. The smallest absolute Gasteiger partial charge is 0.163 e. The molecule has 0 atom stereocenters. The van der Waals surface area contributed by atoms with Gasteiger partial charge in [0, 0.05) is 23.0 Å². The molecule has 0 aliphatic rings. The van der Waals surface area contributed by atoms with Gasteiger partial charge in [-0.05, 0) is 42.8 Å². The van der Waals surface area contributed by atoms with Crippen molar-refractivity contribution in [3.05, 3.63) is 52.0 Å². The van der Waals surface area contributed by atoms with Crippen molar-refractivity contribution < 1.29 is 0 Å². The summed E-state index contributed by atoms with van der Waals surface area (Å²) in [4.78, 5) is 9.15. The van der Waals surface area contributed by atoms with Crippen LogP contribution >= 0.6 is 23.2 Å². The molecule has 0 unspecified atom stereocenters. The molecule has 21 heavy (non-hydrogen) atoms. The van der Waals surface area contributed by atoms with Gasteiger partial charge in [-0.1, -0.05) is 29.3 Å². The Bertz CT molecular complexity index is 831. The molecule has 0 fully saturated rings. The minimum Gasteiger partial charge on any atom is -0.373 e. The molecule has 0 aliphatic carbocycles. The zero-order valence-corrected chi connectivity index (χ0v) is 13.1. The average molecular weight is 318 g/mol. The SMILES string of the molecule is CNc1nc(-c2ccc(C)cc2Cl)nc2cc(Cl)ccc12. The quantitative estimate of drug-likeness (QED) is 0.726. The van der Waals surface area contributed by atoms with Crippen molar-refractivity contribution in [3.63, 3.8) is 0 Å². The first kappa shape index (κ1) is 14.1. The molecule has 1 aromatic heterocycles. The highest BCUT2D eigenvalue weighted by Crippen LogP contribution is 2.30. The van der Waals surface area contributed by atoms with Crippen molar-refractivity contribution >= 4 is 39.9 Å². The second kappa shape index (κ2) is 5.51. The predicted molar refractivity (Wildman–Crippen MR) is 89.3 cm³/mol. The van der Waals surface area contributed by atoms with E-state index in [9.17, 15) is 0 Å². The van der Waals surface area contributed by atoms with Crippen molar-refractivity contribution in [2.75, 3.05) is 12.4 Å². The minimum absolute atomic E-state index is 0.583. The molecule has 2 aromatic carbocycles. The van der Waals surface area contributed by atoms with E-state index in [1.807, 2.05) is 50.4 Å². The van der Waals surface area contributed by atoms with Crippen LogP contribution in [0.3, 0.4) is 0 Å². The number of aryl methyl sites for hydroxylation is 1. The van der Waals surface area contributed by atoms with Crippen LogP contribution < -0.4 is 5.32 Å². The van der Waals surface area contributed by atoms with Crippen LogP contribution in [0.2, 0.25) is 10.0 Å².